The number of carbonyl (C=O) groups excluding carboxylic acids is 1. The average Bonchev–Trinajstić information content (AvgIpc) is 3.23. The van der Waals surface area contributed by atoms with Crippen LogP contribution in [0.3, 0.4) is 0 Å². The van der Waals surface area contributed by atoms with E-state index in [2.05, 4.69) is 20.5 Å². The lowest BCUT2D eigenvalue weighted by atomic mass is 10.2. The van der Waals surface area contributed by atoms with E-state index in [1.165, 1.54) is 28.6 Å². The summed E-state index contributed by atoms with van der Waals surface area (Å²) < 4.78 is 32.5. The third-order valence-corrected chi connectivity index (χ3v) is 6.14. The van der Waals surface area contributed by atoms with E-state index in [1.54, 1.807) is 24.4 Å². The first-order valence-corrected chi connectivity index (χ1v) is 11.1. The summed E-state index contributed by atoms with van der Waals surface area (Å²) in [4.78, 5) is 16.7. The summed E-state index contributed by atoms with van der Waals surface area (Å²) in [5.74, 6) is -0.312. The first kappa shape index (κ1) is 21.6. The van der Waals surface area contributed by atoms with Crippen LogP contribution < -0.4 is 5.32 Å². The Balaban J connectivity index is 1.72. The summed E-state index contributed by atoms with van der Waals surface area (Å²) in [7, 11) is -3.60. The van der Waals surface area contributed by atoms with Gasteiger partial charge in [0.25, 0.3) is 11.8 Å². The molecule has 9 nitrogen and oxygen atoms in total. The molecule has 1 N–H and O–H groups in total. The fourth-order valence-corrected chi connectivity index (χ4v) is 4.44. The van der Waals surface area contributed by atoms with Gasteiger partial charge < -0.3 is 4.42 Å². The smallest absolute Gasteiger partial charge is 0.322 e. The maximum atomic E-state index is 12.8. The first-order valence-electron chi connectivity index (χ1n) is 9.62. The van der Waals surface area contributed by atoms with E-state index < -0.39 is 15.9 Å². The minimum atomic E-state index is -3.60. The molecule has 0 saturated heterocycles. The van der Waals surface area contributed by atoms with Gasteiger partial charge in [-0.15, -0.1) is 5.10 Å². The first-order chi connectivity index (χ1) is 14.5. The van der Waals surface area contributed by atoms with Gasteiger partial charge in [-0.25, -0.2) is 8.42 Å². The van der Waals surface area contributed by atoms with Crippen molar-refractivity contribution in [1.82, 2.24) is 19.5 Å². The molecular formula is C20H23N5O4S. The highest BCUT2D eigenvalue weighted by atomic mass is 32.2. The molecule has 158 valence electrons. The lowest BCUT2D eigenvalue weighted by Gasteiger charge is -2.21. The minimum absolute atomic E-state index is 0.0746. The number of rotatable bonds is 9. The Morgan fingerprint density at radius 2 is 1.73 bits per heavy atom. The van der Waals surface area contributed by atoms with E-state index in [4.69, 9.17) is 4.42 Å². The number of aromatic nitrogens is 3. The van der Waals surface area contributed by atoms with Gasteiger partial charge in [-0.2, -0.15) is 4.31 Å². The van der Waals surface area contributed by atoms with Crippen LogP contribution in [0, 0.1) is 0 Å². The molecule has 3 rings (SSSR count). The van der Waals surface area contributed by atoms with Crippen LogP contribution in [0.4, 0.5) is 6.01 Å². The van der Waals surface area contributed by atoms with Crippen molar-refractivity contribution in [3.05, 3.63) is 54.2 Å². The number of hydrogen-bond acceptors (Lipinski definition) is 7. The Hall–Kier alpha value is -3.11. The number of nitrogens with one attached hydrogen (secondary N) is 1. The van der Waals surface area contributed by atoms with Crippen LogP contribution in [0.15, 0.2) is 58.0 Å². The summed E-state index contributed by atoms with van der Waals surface area (Å²) >= 11 is 0. The van der Waals surface area contributed by atoms with Gasteiger partial charge in [0.15, 0.2) is 0 Å². The van der Waals surface area contributed by atoms with Crippen LogP contribution >= 0.6 is 0 Å². The van der Waals surface area contributed by atoms with E-state index in [1.807, 2.05) is 13.8 Å². The van der Waals surface area contributed by atoms with Gasteiger partial charge in [0.1, 0.15) is 5.69 Å². The number of pyridine rings is 1. The third kappa shape index (κ3) is 4.89. The van der Waals surface area contributed by atoms with Crippen molar-refractivity contribution in [3.63, 3.8) is 0 Å². The van der Waals surface area contributed by atoms with Crippen LogP contribution in [0.5, 0.6) is 0 Å². The normalized spacial score (nSPS) is 11.6. The molecule has 0 unspecified atom stereocenters. The molecule has 10 heteroatoms. The minimum Gasteiger partial charge on any atom is -0.401 e. The average molecular weight is 430 g/mol. The van der Waals surface area contributed by atoms with Gasteiger partial charge in [-0.05, 0) is 49.2 Å². The lowest BCUT2D eigenvalue weighted by Crippen LogP contribution is -2.32. The van der Waals surface area contributed by atoms with Crippen molar-refractivity contribution in [2.45, 2.75) is 31.6 Å². The monoisotopic (exact) mass is 429 g/mol. The van der Waals surface area contributed by atoms with Crippen LogP contribution in [0.2, 0.25) is 0 Å². The van der Waals surface area contributed by atoms with Crippen molar-refractivity contribution in [3.8, 4) is 11.6 Å². The number of nitrogens with zero attached hydrogens (tertiary/aromatic N) is 4. The second kappa shape index (κ2) is 9.59. The molecule has 1 aromatic carbocycles. The van der Waals surface area contributed by atoms with E-state index in [-0.39, 0.29) is 22.4 Å². The zero-order chi connectivity index (χ0) is 21.6. The largest absolute Gasteiger partial charge is 0.401 e. The standard InChI is InChI=1S/C20H23N5O4S/c1-3-13-25(14-4-2)30(27,28)16-10-8-15(9-11-16)18(26)22-20-24-23-19(29-20)17-7-5-6-12-21-17/h5-12H,3-4,13-14H2,1-2H3,(H,22,24,26). The van der Waals surface area contributed by atoms with Crippen molar-refractivity contribution >= 4 is 21.9 Å². The zero-order valence-electron chi connectivity index (χ0n) is 16.8. The predicted molar refractivity (Wildman–Crippen MR) is 111 cm³/mol. The van der Waals surface area contributed by atoms with Crippen LogP contribution in [-0.4, -0.2) is 46.9 Å². The van der Waals surface area contributed by atoms with E-state index >= 15 is 0 Å². The molecule has 0 aliphatic rings. The zero-order valence-corrected chi connectivity index (χ0v) is 17.6. The van der Waals surface area contributed by atoms with Gasteiger partial charge in [0.2, 0.25) is 10.0 Å². The fourth-order valence-electron chi connectivity index (χ4n) is 2.81. The van der Waals surface area contributed by atoms with E-state index in [0.29, 0.717) is 18.8 Å². The van der Waals surface area contributed by atoms with Crippen molar-refractivity contribution in [2.24, 2.45) is 0 Å². The maximum absolute atomic E-state index is 12.8. The van der Waals surface area contributed by atoms with Gasteiger partial charge in [-0.3, -0.25) is 15.1 Å². The van der Waals surface area contributed by atoms with Crippen molar-refractivity contribution < 1.29 is 17.6 Å². The quantitative estimate of drug-likeness (QED) is 0.555. The maximum Gasteiger partial charge on any atom is 0.322 e. The number of carbonyl (C=O) groups is 1. The number of amides is 1. The molecule has 3 aromatic rings. The molecule has 2 aromatic heterocycles. The van der Waals surface area contributed by atoms with Crippen molar-refractivity contribution in [2.75, 3.05) is 18.4 Å². The Bertz CT molecular complexity index is 1080. The SMILES string of the molecule is CCCN(CCC)S(=O)(=O)c1ccc(C(=O)Nc2nnc(-c3ccccn3)o2)cc1. The Morgan fingerprint density at radius 1 is 1.03 bits per heavy atom. The highest BCUT2D eigenvalue weighted by molar-refractivity contribution is 7.89. The summed E-state index contributed by atoms with van der Waals surface area (Å²) in [6, 6.07) is 10.9. The predicted octanol–water partition coefficient (Wildman–Crippen LogP) is 3.19. The molecule has 2 heterocycles. The lowest BCUT2D eigenvalue weighted by molar-refractivity contribution is 0.102. The van der Waals surface area contributed by atoms with Gasteiger partial charge >= 0.3 is 6.01 Å². The number of anilines is 1. The van der Waals surface area contributed by atoms with Gasteiger partial charge in [0, 0.05) is 24.8 Å². The van der Waals surface area contributed by atoms with Crippen LogP contribution in [0.1, 0.15) is 37.0 Å². The molecule has 0 aliphatic heterocycles. The molecule has 1 amide bonds. The molecule has 30 heavy (non-hydrogen) atoms. The van der Waals surface area contributed by atoms with Crippen molar-refractivity contribution in [1.29, 1.82) is 0 Å². The second-order valence-corrected chi connectivity index (χ2v) is 8.45. The second-order valence-electron chi connectivity index (χ2n) is 6.51. The Kier molecular flexibility index (Phi) is 6.91. The number of sulfonamides is 1. The highest BCUT2D eigenvalue weighted by Gasteiger charge is 2.23. The van der Waals surface area contributed by atoms with E-state index in [9.17, 15) is 13.2 Å². The Labute approximate surface area is 175 Å². The number of benzene rings is 1. The van der Waals surface area contributed by atoms with Crippen LogP contribution in [0.25, 0.3) is 11.6 Å². The molecule has 0 fully saturated rings. The summed E-state index contributed by atoms with van der Waals surface area (Å²) in [5.41, 5.74) is 0.757. The molecule has 0 atom stereocenters. The number of hydrogen-bond donors (Lipinski definition) is 1. The topological polar surface area (TPSA) is 118 Å². The van der Waals surface area contributed by atoms with E-state index in [0.717, 1.165) is 12.8 Å². The molecule has 0 saturated carbocycles. The molecular weight excluding hydrogens is 406 g/mol. The summed E-state index contributed by atoms with van der Waals surface area (Å²) in [6.45, 7) is 4.77. The molecule has 0 bridgehead atoms. The molecule has 0 radical (unpaired) electrons. The Morgan fingerprint density at radius 3 is 2.33 bits per heavy atom. The molecule has 0 spiro atoms. The fraction of sp³-hybridized carbons (Fsp3) is 0.300. The third-order valence-electron chi connectivity index (χ3n) is 4.23. The van der Waals surface area contributed by atoms with Crippen LogP contribution in [-0.2, 0) is 10.0 Å². The van der Waals surface area contributed by atoms with Gasteiger partial charge in [-0.1, -0.05) is 25.0 Å². The summed E-state index contributed by atoms with van der Waals surface area (Å²) in [5, 5.41) is 10.1. The highest BCUT2D eigenvalue weighted by Crippen LogP contribution is 2.19. The summed E-state index contributed by atoms with van der Waals surface area (Å²) in [6.07, 6.45) is 3.05. The molecule has 0 aliphatic carbocycles. The van der Waals surface area contributed by atoms with Gasteiger partial charge in [0.05, 0.1) is 4.90 Å².